The van der Waals surface area contributed by atoms with Crippen LogP contribution in [0.1, 0.15) is 10.4 Å². The average molecular weight is 232 g/mol. The van der Waals surface area contributed by atoms with Crippen LogP contribution in [-0.4, -0.2) is 28.2 Å². The number of hydrogen-bond acceptors (Lipinski definition) is 5. The van der Waals surface area contributed by atoms with E-state index in [4.69, 9.17) is 5.11 Å². The van der Waals surface area contributed by atoms with Gasteiger partial charge in [0.15, 0.2) is 0 Å². The van der Waals surface area contributed by atoms with Crippen molar-refractivity contribution in [1.29, 1.82) is 0 Å². The molecule has 0 aliphatic heterocycles. The summed E-state index contributed by atoms with van der Waals surface area (Å²) in [5.74, 6) is -0.581. The van der Waals surface area contributed by atoms with Crippen LogP contribution in [0.5, 0.6) is 5.75 Å². The predicted molar refractivity (Wildman–Crippen MR) is 61.5 cm³/mol. The van der Waals surface area contributed by atoms with Gasteiger partial charge in [-0.15, -0.1) is 0 Å². The molecule has 1 aromatic carbocycles. The van der Waals surface area contributed by atoms with E-state index in [2.05, 4.69) is 14.7 Å². The van der Waals surface area contributed by atoms with Gasteiger partial charge in [0.25, 0.3) is 0 Å². The first-order valence-electron chi connectivity index (χ1n) is 4.82. The van der Waals surface area contributed by atoms with Crippen LogP contribution >= 0.6 is 0 Å². The molecule has 5 nitrogen and oxygen atoms in total. The Balaban J connectivity index is 0.000000202. The lowest BCUT2D eigenvalue weighted by atomic mass is 10.2. The summed E-state index contributed by atoms with van der Waals surface area (Å²) < 4.78 is 4.42. The number of aromatic hydroxyl groups is 1. The normalized spacial score (nSPS) is 8.76. The number of carbonyl (C=O) groups excluding carboxylic acids is 1. The van der Waals surface area contributed by atoms with Crippen LogP contribution in [0.2, 0.25) is 0 Å². The van der Waals surface area contributed by atoms with Gasteiger partial charge in [-0.05, 0) is 18.2 Å². The van der Waals surface area contributed by atoms with E-state index in [1.807, 2.05) is 0 Å². The summed E-state index contributed by atoms with van der Waals surface area (Å²) in [5, 5.41) is 9.11. The maximum Gasteiger partial charge on any atom is 0.341 e. The smallest absolute Gasteiger partial charge is 0.341 e. The molecule has 0 saturated carbocycles. The Morgan fingerprint density at radius 2 is 1.82 bits per heavy atom. The predicted octanol–water partition coefficient (Wildman–Crippen LogP) is 1.66. The van der Waals surface area contributed by atoms with Gasteiger partial charge in [0, 0.05) is 12.4 Å². The van der Waals surface area contributed by atoms with E-state index < -0.39 is 5.97 Å². The molecule has 5 heteroatoms. The van der Waals surface area contributed by atoms with E-state index in [9.17, 15) is 4.79 Å². The SMILES string of the molecule is COC(=O)c1ccccc1O.c1cncnc1. The van der Waals surface area contributed by atoms with Crippen LogP contribution in [0.15, 0.2) is 49.1 Å². The Labute approximate surface area is 98.7 Å². The van der Waals surface area contributed by atoms with Gasteiger partial charge in [-0.1, -0.05) is 12.1 Å². The zero-order chi connectivity index (χ0) is 12.5. The van der Waals surface area contributed by atoms with Crippen molar-refractivity contribution < 1.29 is 14.6 Å². The second-order valence-electron chi connectivity index (χ2n) is 2.91. The highest BCUT2D eigenvalue weighted by Gasteiger charge is 2.08. The van der Waals surface area contributed by atoms with Crippen LogP contribution in [-0.2, 0) is 4.74 Å². The zero-order valence-electron chi connectivity index (χ0n) is 9.28. The molecule has 0 radical (unpaired) electrons. The van der Waals surface area contributed by atoms with E-state index >= 15 is 0 Å². The number of phenolic OH excluding ortho intramolecular Hbond substituents is 1. The van der Waals surface area contributed by atoms with Gasteiger partial charge in [0.2, 0.25) is 0 Å². The molecule has 0 saturated heterocycles. The van der Waals surface area contributed by atoms with Gasteiger partial charge in [0.05, 0.1) is 7.11 Å². The highest BCUT2D eigenvalue weighted by Crippen LogP contribution is 2.15. The van der Waals surface area contributed by atoms with Gasteiger partial charge >= 0.3 is 5.97 Å². The first-order chi connectivity index (χ1) is 8.25. The molecule has 88 valence electrons. The summed E-state index contributed by atoms with van der Waals surface area (Å²) in [6.45, 7) is 0. The Hall–Kier alpha value is -2.43. The number of hydrogen-bond donors (Lipinski definition) is 1. The molecule has 0 unspecified atom stereocenters. The Morgan fingerprint density at radius 1 is 1.18 bits per heavy atom. The Bertz CT molecular complexity index is 434. The second-order valence-corrected chi connectivity index (χ2v) is 2.91. The van der Waals surface area contributed by atoms with E-state index in [0.717, 1.165) is 0 Å². The standard InChI is InChI=1S/C8H8O3.C4H4N2/c1-11-8(10)6-4-2-3-5-7(6)9;1-2-5-4-6-3-1/h2-5,9H,1H3;1-4H. The molecule has 1 heterocycles. The van der Waals surface area contributed by atoms with E-state index in [0.29, 0.717) is 0 Å². The molecule has 17 heavy (non-hydrogen) atoms. The summed E-state index contributed by atoms with van der Waals surface area (Å²) in [5.41, 5.74) is 0.190. The summed E-state index contributed by atoms with van der Waals surface area (Å²) in [6.07, 6.45) is 4.88. The number of nitrogens with zero attached hydrogens (tertiary/aromatic N) is 2. The lowest BCUT2D eigenvalue weighted by molar-refractivity contribution is 0.0597. The maximum absolute atomic E-state index is 10.9. The third-order valence-electron chi connectivity index (χ3n) is 1.79. The number of phenols is 1. The van der Waals surface area contributed by atoms with Gasteiger partial charge < -0.3 is 9.84 Å². The molecule has 1 aromatic heterocycles. The van der Waals surface area contributed by atoms with Crippen molar-refractivity contribution >= 4 is 5.97 Å². The van der Waals surface area contributed by atoms with Crippen molar-refractivity contribution in [3.8, 4) is 5.75 Å². The molecule has 2 rings (SSSR count). The minimum absolute atomic E-state index is 0.0562. The van der Waals surface area contributed by atoms with Crippen molar-refractivity contribution in [1.82, 2.24) is 9.97 Å². The fourth-order valence-corrected chi connectivity index (χ4v) is 1.01. The van der Waals surface area contributed by atoms with Gasteiger partial charge in [-0.25, -0.2) is 14.8 Å². The van der Waals surface area contributed by atoms with Crippen molar-refractivity contribution in [2.24, 2.45) is 0 Å². The van der Waals surface area contributed by atoms with Crippen LogP contribution < -0.4 is 0 Å². The average Bonchev–Trinajstić information content (AvgIpc) is 2.41. The third kappa shape index (κ3) is 4.29. The van der Waals surface area contributed by atoms with E-state index in [-0.39, 0.29) is 11.3 Å². The Morgan fingerprint density at radius 3 is 2.24 bits per heavy atom. The lowest BCUT2D eigenvalue weighted by Crippen LogP contribution is -2.00. The molecule has 0 amide bonds. The first kappa shape index (κ1) is 12.6. The number of esters is 1. The van der Waals surface area contributed by atoms with E-state index in [1.165, 1.54) is 25.6 Å². The molecule has 1 N–H and O–H groups in total. The number of methoxy groups -OCH3 is 1. The fraction of sp³-hybridized carbons (Fsp3) is 0.0833. The van der Waals surface area contributed by atoms with Crippen LogP contribution in [0.3, 0.4) is 0 Å². The molecular weight excluding hydrogens is 220 g/mol. The minimum atomic E-state index is -0.525. The summed E-state index contributed by atoms with van der Waals surface area (Å²) in [7, 11) is 1.27. The molecule has 0 fully saturated rings. The molecule has 0 aliphatic rings. The summed E-state index contributed by atoms with van der Waals surface area (Å²) in [4.78, 5) is 18.2. The molecule has 0 bridgehead atoms. The van der Waals surface area contributed by atoms with Gasteiger partial charge in [0.1, 0.15) is 17.6 Å². The van der Waals surface area contributed by atoms with Crippen LogP contribution in [0.4, 0.5) is 0 Å². The number of ether oxygens (including phenoxy) is 1. The van der Waals surface area contributed by atoms with E-state index in [1.54, 1.807) is 30.6 Å². The quantitative estimate of drug-likeness (QED) is 0.757. The molecule has 0 atom stereocenters. The van der Waals surface area contributed by atoms with Crippen molar-refractivity contribution in [2.45, 2.75) is 0 Å². The summed E-state index contributed by atoms with van der Waals surface area (Å²) >= 11 is 0. The fourth-order valence-electron chi connectivity index (χ4n) is 1.01. The Kier molecular flexibility index (Phi) is 5.16. The number of benzene rings is 1. The van der Waals surface area contributed by atoms with Crippen molar-refractivity contribution in [3.63, 3.8) is 0 Å². The van der Waals surface area contributed by atoms with Crippen molar-refractivity contribution in [2.75, 3.05) is 7.11 Å². The number of para-hydroxylation sites is 1. The lowest BCUT2D eigenvalue weighted by Gasteiger charge is -1.99. The number of rotatable bonds is 1. The van der Waals surface area contributed by atoms with Crippen molar-refractivity contribution in [3.05, 3.63) is 54.6 Å². The van der Waals surface area contributed by atoms with Crippen LogP contribution in [0.25, 0.3) is 0 Å². The van der Waals surface area contributed by atoms with Crippen LogP contribution in [0, 0.1) is 0 Å². The minimum Gasteiger partial charge on any atom is -0.507 e. The molecule has 0 aliphatic carbocycles. The number of aromatic nitrogens is 2. The summed E-state index contributed by atoms with van der Waals surface area (Å²) in [6, 6.07) is 8.02. The monoisotopic (exact) mass is 232 g/mol. The maximum atomic E-state index is 10.9. The largest absolute Gasteiger partial charge is 0.507 e. The number of carbonyl (C=O) groups is 1. The highest BCUT2D eigenvalue weighted by atomic mass is 16.5. The van der Waals surface area contributed by atoms with Gasteiger partial charge in [-0.3, -0.25) is 0 Å². The molecule has 0 spiro atoms. The first-order valence-corrected chi connectivity index (χ1v) is 4.82. The topological polar surface area (TPSA) is 72.3 Å². The second kappa shape index (κ2) is 6.95. The third-order valence-corrected chi connectivity index (χ3v) is 1.79. The van der Waals surface area contributed by atoms with Gasteiger partial charge in [-0.2, -0.15) is 0 Å². The molecular formula is C12H12N2O3. The molecule has 2 aromatic rings. The zero-order valence-corrected chi connectivity index (χ0v) is 9.28. The highest BCUT2D eigenvalue weighted by molar-refractivity contribution is 5.92.